The van der Waals surface area contributed by atoms with Crippen LogP contribution in [0, 0.1) is 0 Å². The van der Waals surface area contributed by atoms with Crippen molar-refractivity contribution in [2.75, 3.05) is 12.0 Å². The van der Waals surface area contributed by atoms with Gasteiger partial charge < -0.3 is 20.1 Å². The summed E-state index contributed by atoms with van der Waals surface area (Å²) in [6, 6.07) is 4.33. The molecule has 1 aromatic rings. The fourth-order valence-electron chi connectivity index (χ4n) is 2.98. The van der Waals surface area contributed by atoms with E-state index in [1.165, 1.54) is 11.8 Å². The quantitative estimate of drug-likeness (QED) is 0.328. The van der Waals surface area contributed by atoms with Crippen molar-refractivity contribution >= 4 is 35.8 Å². The number of hydrogen-bond acceptors (Lipinski definition) is 7. The van der Waals surface area contributed by atoms with Crippen molar-refractivity contribution in [3.05, 3.63) is 35.9 Å². The third kappa shape index (κ3) is 10.1. The summed E-state index contributed by atoms with van der Waals surface area (Å²) in [7, 11) is 0. The molecule has 0 fully saturated rings. The largest absolute Gasteiger partial charge is 0.480 e. The van der Waals surface area contributed by atoms with Crippen LogP contribution >= 0.6 is 11.8 Å². The minimum atomic E-state index is -1.58. The summed E-state index contributed by atoms with van der Waals surface area (Å²) in [6.07, 6.45) is 0.466. The highest BCUT2D eigenvalue weighted by atomic mass is 32.2. The van der Waals surface area contributed by atoms with Gasteiger partial charge in [-0.05, 0) is 44.8 Å². The highest BCUT2D eigenvalue weighted by molar-refractivity contribution is 7.98. The maximum Gasteiger partial charge on any atom is 0.411 e. The van der Waals surface area contributed by atoms with Crippen LogP contribution in [0.2, 0.25) is 0 Å². The van der Waals surface area contributed by atoms with Gasteiger partial charge >= 0.3 is 24.0 Å². The summed E-state index contributed by atoms with van der Waals surface area (Å²) in [5.41, 5.74) is -0.288. The van der Waals surface area contributed by atoms with Crippen molar-refractivity contribution in [1.29, 1.82) is 0 Å². The molecule has 0 saturated heterocycles. The van der Waals surface area contributed by atoms with Gasteiger partial charge in [-0.1, -0.05) is 30.3 Å². The predicted octanol–water partition coefficient (Wildman–Crippen LogP) is 2.52. The lowest BCUT2D eigenvalue weighted by atomic mass is 10.0. The lowest BCUT2D eigenvalue weighted by Crippen LogP contribution is -2.54. The molecule has 0 aromatic heterocycles. The van der Waals surface area contributed by atoms with Gasteiger partial charge in [0, 0.05) is 13.0 Å². The molecule has 0 spiro atoms. The van der Waals surface area contributed by atoms with Gasteiger partial charge in [0.1, 0.15) is 23.7 Å². The Labute approximate surface area is 197 Å². The van der Waals surface area contributed by atoms with Crippen LogP contribution in [0.4, 0.5) is 4.79 Å². The molecule has 4 N–H and O–H groups in total. The Morgan fingerprint density at radius 3 is 2.03 bits per heavy atom. The zero-order valence-corrected chi connectivity index (χ0v) is 20.0. The van der Waals surface area contributed by atoms with Crippen LogP contribution in [0.25, 0.3) is 0 Å². The zero-order chi connectivity index (χ0) is 25.2. The molecular weight excluding hydrogens is 452 g/mol. The average molecular weight is 485 g/mol. The van der Waals surface area contributed by atoms with E-state index in [0.29, 0.717) is 11.3 Å². The molecule has 0 saturated carbocycles. The van der Waals surface area contributed by atoms with Gasteiger partial charge in [-0.2, -0.15) is 11.8 Å². The summed E-state index contributed by atoms with van der Waals surface area (Å²) < 4.78 is 5.38. The van der Waals surface area contributed by atoms with Crippen molar-refractivity contribution in [2.24, 2.45) is 0 Å². The number of nitrogens with one attached hydrogen (secondary N) is 1. The monoisotopic (exact) mass is 484 g/mol. The van der Waals surface area contributed by atoms with Crippen LogP contribution in [0.15, 0.2) is 30.3 Å². The molecule has 184 valence electrons. The topological polar surface area (TPSA) is 153 Å². The number of thioether (sulfide) groups is 1. The minimum Gasteiger partial charge on any atom is -0.480 e. The van der Waals surface area contributed by atoms with Crippen molar-refractivity contribution < 1.29 is 39.2 Å². The second kappa shape index (κ2) is 13.0. The first kappa shape index (κ1) is 28.2. The average Bonchev–Trinajstić information content (AvgIpc) is 2.70. The van der Waals surface area contributed by atoms with E-state index in [0.717, 1.165) is 4.90 Å². The van der Waals surface area contributed by atoms with Crippen molar-refractivity contribution in [3.63, 3.8) is 0 Å². The molecule has 0 aliphatic heterocycles. The third-order valence-electron chi connectivity index (χ3n) is 4.55. The van der Waals surface area contributed by atoms with Crippen LogP contribution < -0.4 is 5.32 Å². The van der Waals surface area contributed by atoms with Gasteiger partial charge in [-0.3, -0.25) is 19.8 Å². The SMILES string of the molecule is CSCC[C@H](NC(C[C@@H](C(=O)O)N(Cc1ccccc1)C(=O)OC(C)(C)C)C(=O)O)C(=O)O. The van der Waals surface area contributed by atoms with Gasteiger partial charge in [0.05, 0.1) is 0 Å². The molecule has 33 heavy (non-hydrogen) atoms. The zero-order valence-electron chi connectivity index (χ0n) is 19.2. The minimum absolute atomic E-state index is 0.131. The second-order valence-electron chi connectivity index (χ2n) is 8.41. The first-order valence-electron chi connectivity index (χ1n) is 10.3. The van der Waals surface area contributed by atoms with E-state index >= 15 is 0 Å². The molecule has 11 heteroatoms. The maximum atomic E-state index is 12.9. The number of hydrogen-bond donors (Lipinski definition) is 4. The number of benzene rings is 1. The Kier molecular flexibility index (Phi) is 11.2. The van der Waals surface area contributed by atoms with Crippen LogP contribution in [-0.2, 0) is 25.7 Å². The molecule has 0 bridgehead atoms. The fourth-order valence-corrected chi connectivity index (χ4v) is 3.46. The van der Waals surface area contributed by atoms with Crippen LogP contribution in [-0.4, -0.2) is 80.0 Å². The predicted molar refractivity (Wildman–Crippen MR) is 123 cm³/mol. The molecule has 1 aromatic carbocycles. The third-order valence-corrected chi connectivity index (χ3v) is 5.20. The van der Waals surface area contributed by atoms with Crippen molar-refractivity contribution in [3.8, 4) is 0 Å². The van der Waals surface area contributed by atoms with Gasteiger partial charge in [-0.15, -0.1) is 0 Å². The number of ether oxygens (including phenoxy) is 1. The van der Waals surface area contributed by atoms with Crippen LogP contribution in [0.3, 0.4) is 0 Å². The van der Waals surface area contributed by atoms with E-state index in [1.807, 2.05) is 0 Å². The molecule has 0 aliphatic rings. The number of amides is 1. The van der Waals surface area contributed by atoms with Crippen molar-refractivity contribution in [2.45, 2.75) is 63.9 Å². The Bertz CT molecular complexity index is 812. The highest BCUT2D eigenvalue weighted by Crippen LogP contribution is 2.19. The molecule has 0 radical (unpaired) electrons. The van der Waals surface area contributed by atoms with Crippen LogP contribution in [0.5, 0.6) is 0 Å². The van der Waals surface area contributed by atoms with E-state index in [2.05, 4.69) is 5.32 Å². The number of aliphatic carboxylic acids is 3. The molecule has 0 aliphatic carbocycles. The summed E-state index contributed by atoms with van der Waals surface area (Å²) in [5.74, 6) is -3.62. The maximum absolute atomic E-state index is 12.9. The molecule has 1 amide bonds. The molecular formula is C22H32N2O8S. The highest BCUT2D eigenvalue weighted by Gasteiger charge is 2.38. The Morgan fingerprint density at radius 1 is 1.00 bits per heavy atom. The van der Waals surface area contributed by atoms with E-state index in [4.69, 9.17) is 4.74 Å². The normalized spacial score (nSPS) is 14.1. The van der Waals surface area contributed by atoms with E-state index in [1.54, 1.807) is 57.4 Å². The molecule has 0 heterocycles. The van der Waals surface area contributed by atoms with E-state index < -0.39 is 54.1 Å². The molecule has 1 rings (SSSR count). The van der Waals surface area contributed by atoms with Gasteiger partial charge in [0.15, 0.2) is 0 Å². The number of rotatable bonds is 13. The Morgan fingerprint density at radius 2 is 1.58 bits per heavy atom. The number of carbonyl (C=O) groups excluding carboxylic acids is 1. The lowest BCUT2D eigenvalue weighted by molar-refractivity contribution is -0.146. The van der Waals surface area contributed by atoms with E-state index in [9.17, 15) is 34.5 Å². The summed E-state index contributed by atoms with van der Waals surface area (Å²) in [4.78, 5) is 49.5. The lowest BCUT2D eigenvalue weighted by Gasteiger charge is -2.33. The van der Waals surface area contributed by atoms with E-state index in [-0.39, 0.29) is 13.0 Å². The Hall–Kier alpha value is -2.79. The summed E-state index contributed by atoms with van der Waals surface area (Å²) in [5, 5.41) is 31.5. The smallest absolute Gasteiger partial charge is 0.411 e. The Balaban J connectivity index is 3.25. The molecule has 3 atom stereocenters. The standard InChI is InChI=1S/C22H32N2O8S/c1-22(2,3)32-21(31)24(13-14-8-6-5-7-9-14)17(20(29)30)12-16(19(27)28)23-15(18(25)26)10-11-33-4/h5-9,15-17,23H,10-13H2,1-4H3,(H,25,26)(H,27,28)(H,29,30)/t15-,16?,17-/m0/s1. The number of carbonyl (C=O) groups is 4. The number of carboxylic acids is 3. The summed E-state index contributed by atoms with van der Waals surface area (Å²) in [6.45, 7) is 4.76. The van der Waals surface area contributed by atoms with Gasteiger partial charge in [-0.25, -0.2) is 9.59 Å². The molecule has 1 unspecified atom stereocenters. The first-order valence-corrected chi connectivity index (χ1v) is 11.7. The van der Waals surface area contributed by atoms with Crippen LogP contribution in [0.1, 0.15) is 39.2 Å². The van der Waals surface area contributed by atoms with Gasteiger partial charge in [0.25, 0.3) is 0 Å². The number of nitrogens with zero attached hydrogens (tertiary/aromatic N) is 1. The molecule has 10 nitrogen and oxygen atoms in total. The summed E-state index contributed by atoms with van der Waals surface area (Å²) >= 11 is 1.40. The second-order valence-corrected chi connectivity index (χ2v) is 9.40. The first-order chi connectivity index (χ1) is 15.4. The van der Waals surface area contributed by atoms with Gasteiger partial charge in [0.2, 0.25) is 0 Å². The number of carboxylic acid groups (broad SMARTS) is 3. The fraction of sp³-hybridized carbons (Fsp3) is 0.545. The van der Waals surface area contributed by atoms with Crippen molar-refractivity contribution in [1.82, 2.24) is 10.2 Å².